The maximum Gasteiger partial charge on any atom is 0.248 e. The zero-order chi connectivity index (χ0) is 12.4. The minimum Gasteiger partial charge on any atom is -0.329 e. The molecule has 0 aliphatic heterocycles. The van der Waals surface area contributed by atoms with Crippen molar-refractivity contribution in [2.24, 2.45) is 0 Å². The molecule has 2 aromatic heterocycles. The fourth-order valence-corrected chi connectivity index (χ4v) is 1.85. The molecule has 88 valence electrons. The molecule has 0 spiro atoms. The number of benzene rings is 1. The van der Waals surface area contributed by atoms with E-state index >= 15 is 0 Å². The molecule has 3 rings (SSSR count). The van der Waals surface area contributed by atoms with Crippen molar-refractivity contribution in [3.8, 4) is 16.8 Å². The van der Waals surface area contributed by atoms with Gasteiger partial charge in [-0.15, -0.1) is 0 Å². The van der Waals surface area contributed by atoms with Crippen molar-refractivity contribution in [2.45, 2.75) is 0 Å². The van der Waals surface area contributed by atoms with Crippen molar-refractivity contribution in [2.75, 3.05) is 0 Å². The van der Waals surface area contributed by atoms with Crippen molar-refractivity contribution in [1.29, 1.82) is 0 Å². The van der Waals surface area contributed by atoms with E-state index in [4.69, 9.17) is 0 Å². The summed E-state index contributed by atoms with van der Waals surface area (Å²) in [6.45, 7) is 0. The lowest BCUT2D eigenvalue weighted by Crippen LogP contribution is -2.02. The SMILES string of the molecule is O=c1cc(-c2ccc(-n3cccn3)cc2)cc[nH]1. The summed E-state index contributed by atoms with van der Waals surface area (Å²) in [5.74, 6) is 0. The van der Waals surface area contributed by atoms with Gasteiger partial charge in [0.05, 0.1) is 5.69 Å². The van der Waals surface area contributed by atoms with E-state index in [1.807, 2.05) is 42.6 Å². The molecule has 0 unspecified atom stereocenters. The molecule has 0 aliphatic rings. The van der Waals surface area contributed by atoms with Gasteiger partial charge in [-0.05, 0) is 35.4 Å². The van der Waals surface area contributed by atoms with Crippen LogP contribution in [-0.4, -0.2) is 14.8 Å². The molecule has 4 heteroatoms. The third-order valence-electron chi connectivity index (χ3n) is 2.74. The topological polar surface area (TPSA) is 50.7 Å². The molecular weight excluding hydrogens is 226 g/mol. The van der Waals surface area contributed by atoms with Crippen molar-refractivity contribution in [1.82, 2.24) is 14.8 Å². The number of H-pyrrole nitrogens is 1. The van der Waals surface area contributed by atoms with Gasteiger partial charge in [-0.1, -0.05) is 12.1 Å². The lowest BCUT2D eigenvalue weighted by atomic mass is 10.1. The Balaban J connectivity index is 1.99. The Morgan fingerprint density at radius 3 is 2.56 bits per heavy atom. The second-order valence-corrected chi connectivity index (χ2v) is 3.94. The van der Waals surface area contributed by atoms with Gasteiger partial charge in [0.2, 0.25) is 5.56 Å². The highest BCUT2D eigenvalue weighted by Gasteiger charge is 2.00. The third-order valence-corrected chi connectivity index (χ3v) is 2.74. The highest BCUT2D eigenvalue weighted by Crippen LogP contribution is 2.18. The molecule has 1 N–H and O–H groups in total. The van der Waals surface area contributed by atoms with Gasteiger partial charge >= 0.3 is 0 Å². The molecule has 3 aromatic rings. The van der Waals surface area contributed by atoms with Gasteiger partial charge in [-0.25, -0.2) is 4.68 Å². The molecule has 18 heavy (non-hydrogen) atoms. The summed E-state index contributed by atoms with van der Waals surface area (Å²) < 4.78 is 1.79. The van der Waals surface area contributed by atoms with Crippen LogP contribution in [0, 0.1) is 0 Å². The van der Waals surface area contributed by atoms with Crippen LogP contribution in [0.4, 0.5) is 0 Å². The summed E-state index contributed by atoms with van der Waals surface area (Å²) in [4.78, 5) is 13.9. The van der Waals surface area contributed by atoms with E-state index in [9.17, 15) is 4.79 Å². The van der Waals surface area contributed by atoms with Crippen LogP contribution in [0.1, 0.15) is 0 Å². The predicted molar refractivity (Wildman–Crippen MR) is 69.6 cm³/mol. The van der Waals surface area contributed by atoms with E-state index in [2.05, 4.69) is 10.1 Å². The number of nitrogens with zero attached hydrogens (tertiary/aromatic N) is 2. The fourth-order valence-electron chi connectivity index (χ4n) is 1.85. The van der Waals surface area contributed by atoms with Crippen molar-refractivity contribution < 1.29 is 0 Å². The summed E-state index contributed by atoms with van der Waals surface area (Å²) in [6, 6.07) is 13.3. The summed E-state index contributed by atoms with van der Waals surface area (Å²) in [7, 11) is 0. The number of rotatable bonds is 2. The molecular formula is C14H11N3O. The Labute approximate surface area is 104 Å². The highest BCUT2D eigenvalue weighted by atomic mass is 16.1. The first-order valence-corrected chi connectivity index (χ1v) is 5.62. The van der Waals surface area contributed by atoms with Gasteiger partial charge in [0.1, 0.15) is 0 Å². The Morgan fingerprint density at radius 2 is 1.89 bits per heavy atom. The van der Waals surface area contributed by atoms with E-state index < -0.39 is 0 Å². The summed E-state index contributed by atoms with van der Waals surface area (Å²) >= 11 is 0. The maximum absolute atomic E-state index is 11.2. The lowest BCUT2D eigenvalue weighted by molar-refractivity contribution is 0.881. The van der Waals surface area contributed by atoms with Crippen LogP contribution in [0.25, 0.3) is 16.8 Å². The summed E-state index contributed by atoms with van der Waals surface area (Å²) in [6.07, 6.45) is 5.28. The van der Waals surface area contributed by atoms with E-state index in [1.165, 1.54) is 0 Å². The minimum absolute atomic E-state index is 0.0938. The molecule has 0 saturated carbocycles. The molecule has 0 saturated heterocycles. The van der Waals surface area contributed by atoms with Crippen LogP contribution in [0.2, 0.25) is 0 Å². The zero-order valence-corrected chi connectivity index (χ0v) is 9.58. The molecule has 4 nitrogen and oxygen atoms in total. The Kier molecular flexibility index (Phi) is 2.53. The Bertz CT molecular complexity index is 696. The summed E-state index contributed by atoms with van der Waals surface area (Å²) in [5.41, 5.74) is 2.82. The molecule has 0 fully saturated rings. The van der Waals surface area contributed by atoms with E-state index in [1.54, 1.807) is 23.1 Å². The van der Waals surface area contributed by atoms with Crippen LogP contribution in [0.5, 0.6) is 0 Å². The van der Waals surface area contributed by atoms with Gasteiger partial charge in [0, 0.05) is 24.7 Å². The number of hydrogen-bond acceptors (Lipinski definition) is 2. The van der Waals surface area contributed by atoms with Crippen LogP contribution < -0.4 is 5.56 Å². The van der Waals surface area contributed by atoms with Gasteiger partial charge in [0.25, 0.3) is 0 Å². The zero-order valence-electron chi connectivity index (χ0n) is 9.58. The van der Waals surface area contributed by atoms with E-state index in [0.717, 1.165) is 16.8 Å². The van der Waals surface area contributed by atoms with Gasteiger partial charge in [-0.3, -0.25) is 4.79 Å². The normalized spacial score (nSPS) is 10.4. The standard InChI is InChI=1S/C14H11N3O/c18-14-10-12(6-8-15-14)11-2-4-13(5-3-11)17-9-1-7-16-17/h1-10H,(H,15,18). The number of aromatic amines is 1. The molecule has 2 heterocycles. The first kappa shape index (κ1) is 10.5. The smallest absolute Gasteiger partial charge is 0.248 e. The average Bonchev–Trinajstić information content (AvgIpc) is 2.93. The van der Waals surface area contributed by atoms with E-state index in [-0.39, 0.29) is 5.56 Å². The fraction of sp³-hybridized carbons (Fsp3) is 0. The van der Waals surface area contributed by atoms with Crippen molar-refractivity contribution in [3.05, 3.63) is 71.4 Å². The highest BCUT2D eigenvalue weighted by molar-refractivity contribution is 5.63. The monoisotopic (exact) mass is 237 g/mol. The molecule has 0 aliphatic carbocycles. The van der Waals surface area contributed by atoms with Crippen molar-refractivity contribution >= 4 is 0 Å². The molecule has 0 radical (unpaired) electrons. The number of hydrogen-bond donors (Lipinski definition) is 1. The van der Waals surface area contributed by atoms with Gasteiger partial charge in [0.15, 0.2) is 0 Å². The van der Waals surface area contributed by atoms with Gasteiger partial charge < -0.3 is 4.98 Å². The van der Waals surface area contributed by atoms with Gasteiger partial charge in [-0.2, -0.15) is 5.10 Å². The molecule has 1 aromatic carbocycles. The Hall–Kier alpha value is -2.62. The lowest BCUT2D eigenvalue weighted by Gasteiger charge is -2.04. The quantitative estimate of drug-likeness (QED) is 0.743. The number of aromatic nitrogens is 3. The second-order valence-electron chi connectivity index (χ2n) is 3.94. The van der Waals surface area contributed by atoms with Crippen LogP contribution in [-0.2, 0) is 0 Å². The third kappa shape index (κ3) is 1.96. The second kappa shape index (κ2) is 4.33. The van der Waals surface area contributed by atoms with Crippen LogP contribution >= 0.6 is 0 Å². The largest absolute Gasteiger partial charge is 0.329 e. The first-order chi connectivity index (χ1) is 8.83. The first-order valence-electron chi connectivity index (χ1n) is 5.62. The van der Waals surface area contributed by atoms with Crippen LogP contribution in [0.15, 0.2) is 65.8 Å². The average molecular weight is 237 g/mol. The van der Waals surface area contributed by atoms with E-state index in [0.29, 0.717) is 0 Å². The molecule has 0 atom stereocenters. The number of pyridine rings is 1. The Morgan fingerprint density at radius 1 is 1.06 bits per heavy atom. The van der Waals surface area contributed by atoms with Crippen LogP contribution in [0.3, 0.4) is 0 Å². The molecule has 0 bridgehead atoms. The summed E-state index contributed by atoms with van der Waals surface area (Å²) in [5, 5.41) is 4.16. The number of nitrogens with one attached hydrogen (secondary N) is 1. The molecule has 0 amide bonds. The minimum atomic E-state index is -0.0938. The predicted octanol–water partition coefficient (Wildman–Crippen LogP) is 2.23. The maximum atomic E-state index is 11.2. The van der Waals surface area contributed by atoms with Crippen molar-refractivity contribution in [3.63, 3.8) is 0 Å².